The van der Waals surface area contributed by atoms with E-state index in [0.717, 1.165) is 59.1 Å². The van der Waals surface area contributed by atoms with E-state index in [1.165, 1.54) is 28.4 Å². The number of ether oxygens (including phenoxy) is 2. The van der Waals surface area contributed by atoms with Gasteiger partial charge in [-0.2, -0.15) is 13.5 Å². The number of anilines is 3. The molecule has 4 aliphatic carbocycles. The summed E-state index contributed by atoms with van der Waals surface area (Å²) in [5, 5.41) is 38.6. The smallest absolute Gasteiger partial charge is 0.410 e. The summed E-state index contributed by atoms with van der Waals surface area (Å²) in [7, 11) is -4.51. The van der Waals surface area contributed by atoms with Gasteiger partial charge in [0.05, 0.1) is 40.4 Å². The van der Waals surface area contributed by atoms with Gasteiger partial charge < -0.3 is 62.2 Å². The van der Waals surface area contributed by atoms with E-state index in [9.17, 15) is 56.4 Å². The maximum Gasteiger partial charge on any atom is 0.410 e. The lowest BCUT2D eigenvalue weighted by Crippen LogP contribution is -2.64. The molecule has 7 amide bonds. The molecule has 12 N–H and O–H groups in total. The van der Waals surface area contributed by atoms with Gasteiger partial charge in [-0.15, -0.1) is 0 Å². The van der Waals surface area contributed by atoms with E-state index in [1.54, 1.807) is 44.3 Å². The number of carbonyl (C=O) groups excluding carboxylic acids is 6. The molecule has 5 atom stereocenters. The van der Waals surface area contributed by atoms with E-state index in [1.807, 2.05) is 59.0 Å². The van der Waals surface area contributed by atoms with Crippen molar-refractivity contribution in [1.29, 1.82) is 0 Å². The van der Waals surface area contributed by atoms with Crippen molar-refractivity contribution in [3.05, 3.63) is 119 Å². The van der Waals surface area contributed by atoms with Gasteiger partial charge in [0.25, 0.3) is 16.0 Å². The number of pyridine rings is 1. The summed E-state index contributed by atoms with van der Waals surface area (Å²) in [6, 6.07) is 18.8. The number of urea groups is 1. The van der Waals surface area contributed by atoms with Gasteiger partial charge in [-0.05, 0) is 152 Å². The molecule has 0 radical (unpaired) electrons. The standard InChI is InChI=1S/C68H85N13O15S2/c1-40(2)55(77-58(85)49(69)20-22-54(82)83)60(87)74-51(13-9-24-71-62(70)90)59(86)73-44-17-15-42(16-18-44)32-95-64(91)79(27-29-98(92,93)94)26-28-96-68-36-65(4)33-66(5,37-68)35-67(34-65,38-68)39-81-41(3)47(30-72-81)45-19-21-53(76-56(45)61(88)89)80-25-23-43-10-8-11-46(48(43)31-80)57(84)78-63-75-50-12-6-7-14-52(50)97-63/h6-8,10-12,14-19,21,30,40,49,51,55H,9,13,20,22-29,31-39,69H2,1-5H3,(H,73,86)(H,74,87)(H,77,85)(H,82,83)(H,88,89)(H3,70,71,90)(H,75,78,84)(H,92,93,94). The Morgan fingerprint density at radius 1 is 0.816 bits per heavy atom. The molecule has 0 spiro atoms. The molecule has 28 nitrogen and oxygen atoms in total. The first-order valence-corrected chi connectivity index (χ1v) is 35.1. The number of aromatic nitrogens is 4. The van der Waals surface area contributed by atoms with Crippen LogP contribution in [-0.4, -0.2) is 158 Å². The van der Waals surface area contributed by atoms with Crippen LogP contribution in [-0.2, 0) is 64.9 Å². The van der Waals surface area contributed by atoms with Crippen LogP contribution < -0.4 is 43.0 Å². The molecule has 0 saturated heterocycles. The minimum absolute atomic E-state index is 0.0211. The first kappa shape index (κ1) is 71.7. The Labute approximate surface area is 571 Å². The van der Waals surface area contributed by atoms with Gasteiger partial charge >= 0.3 is 24.1 Å². The Hall–Kier alpha value is -9.10. The Kier molecular flexibility index (Phi) is 21.6. The minimum atomic E-state index is -4.51. The number of carboxylic acids is 2. The highest BCUT2D eigenvalue weighted by Gasteiger charge is 2.66. The first-order valence-electron chi connectivity index (χ1n) is 32.7. The maximum atomic E-state index is 13.9. The number of benzene rings is 3. The van der Waals surface area contributed by atoms with Crippen LogP contribution >= 0.6 is 11.3 Å². The molecule has 4 heterocycles. The molecular weight excluding hydrogens is 1300 g/mol. The van der Waals surface area contributed by atoms with Crippen LogP contribution in [0.1, 0.15) is 135 Å². The number of aromatic carboxylic acids is 1. The quantitative estimate of drug-likeness (QED) is 0.0157. The molecule has 11 rings (SSSR count). The van der Waals surface area contributed by atoms with Gasteiger partial charge in [-0.3, -0.25) is 38.5 Å². The topological polar surface area (TPSA) is 412 Å². The van der Waals surface area contributed by atoms with Crippen LogP contribution in [0.25, 0.3) is 21.3 Å². The second-order valence-corrected chi connectivity index (χ2v) is 30.3. The highest BCUT2D eigenvalue weighted by Crippen LogP contribution is 2.72. The summed E-state index contributed by atoms with van der Waals surface area (Å²) < 4.78 is 49.5. The number of fused-ring (bicyclic) bond motifs is 2. The number of aliphatic carboxylic acids is 1. The first-order chi connectivity index (χ1) is 46.4. The zero-order valence-corrected chi connectivity index (χ0v) is 57.1. The summed E-state index contributed by atoms with van der Waals surface area (Å²) in [6.45, 7) is 10.6. The number of hydrogen-bond donors (Lipinski definition) is 10. The number of amides is 7. The van der Waals surface area contributed by atoms with Crippen LogP contribution in [0.5, 0.6) is 0 Å². The highest BCUT2D eigenvalue weighted by atomic mass is 32.2. The van der Waals surface area contributed by atoms with Crippen molar-refractivity contribution in [2.75, 3.05) is 54.1 Å². The van der Waals surface area contributed by atoms with Crippen molar-refractivity contribution in [2.45, 2.75) is 149 Å². The van der Waals surface area contributed by atoms with Gasteiger partial charge in [0.15, 0.2) is 10.8 Å². The zero-order chi connectivity index (χ0) is 70.5. The lowest BCUT2D eigenvalue weighted by molar-refractivity contribution is -0.248. The van der Waals surface area contributed by atoms with Crippen molar-refractivity contribution < 1.29 is 71.0 Å². The molecule has 30 heteroatoms. The maximum absolute atomic E-state index is 13.9. The molecule has 5 aliphatic rings. The summed E-state index contributed by atoms with van der Waals surface area (Å²) in [5.41, 5.74) is 15.6. The lowest BCUT2D eigenvalue weighted by Gasteiger charge is -2.69. The summed E-state index contributed by atoms with van der Waals surface area (Å²) in [5.74, 6) is -5.51. The predicted octanol–water partition coefficient (Wildman–Crippen LogP) is 7.24. The Morgan fingerprint density at radius 3 is 2.23 bits per heavy atom. The third-order valence-electron chi connectivity index (χ3n) is 19.1. The molecule has 3 aromatic carbocycles. The molecule has 4 fully saturated rings. The lowest BCUT2D eigenvalue weighted by atomic mass is 9.39. The number of thiazole rings is 1. The van der Waals surface area contributed by atoms with E-state index in [2.05, 4.69) is 45.4 Å². The summed E-state index contributed by atoms with van der Waals surface area (Å²) >= 11 is 1.40. The Morgan fingerprint density at radius 2 is 1.55 bits per heavy atom. The van der Waals surface area contributed by atoms with Crippen molar-refractivity contribution in [3.63, 3.8) is 0 Å². The second kappa shape index (κ2) is 29.5. The molecule has 4 bridgehead atoms. The van der Waals surface area contributed by atoms with E-state index >= 15 is 0 Å². The number of nitrogens with one attached hydrogen (secondary N) is 5. The number of carbonyl (C=O) groups is 8. The predicted molar refractivity (Wildman–Crippen MR) is 365 cm³/mol. The molecule has 524 valence electrons. The van der Waals surface area contributed by atoms with Crippen LogP contribution in [0, 0.1) is 29.1 Å². The van der Waals surface area contributed by atoms with Crippen LogP contribution in [0.2, 0.25) is 0 Å². The number of nitrogens with two attached hydrogens (primary N) is 2. The molecule has 4 saturated carbocycles. The van der Waals surface area contributed by atoms with Gasteiger partial charge in [-0.1, -0.05) is 75.4 Å². The van der Waals surface area contributed by atoms with Crippen LogP contribution in [0.15, 0.2) is 85.1 Å². The number of primary amides is 1. The van der Waals surface area contributed by atoms with E-state index in [0.29, 0.717) is 71.4 Å². The average Bonchev–Trinajstić information content (AvgIpc) is 0.886. The second-order valence-electron chi connectivity index (χ2n) is 27.7. The summed E-state index contributed by atoms with van der Waals surface area (Å²) in [4.78, 5) is 116. The monoisotopic (exact) mass is 1390 g/mol. The Bertz CT molecular complexity index is 4090. The van der Waals surface area contributed by atoms with Crippen molar-refractivity contribution in [2.24, 2.45) is 33.6 Å². The summed E-state index contributed by atoms with van der Waals surface area (Å²) in [6.07, 6.45) is 6.10. The number of carboxylic acid groups (broad SMARTS) is 2. The van der Waals surface area contributed by atoms with Crippen molar-refractivity contribution in [3.8, 4) is 11.1 Å². The largest absolute Gasteiger partial charge is 0.481 e. The van der Waals surface area contributed by atoms with Gasteiger partial charge in [-0.25, -0.2) is 24.4 Å². The molecule has 98 heavy (non-hydrogen) atoms. The van der Waals surface area contributed by atoms with Crippen molar-refractivity contribution in [1.82, 2.24) is 40.6 Å². The van der Waals surface area contributed by atoms with Gasteiger partial charge in [0.1, 0.15) is 24.5 Å². The normalized spacial score (nSPS) is 21.0. The number of nitrogens with zero attached hydrogens (tertiary/aromatic N) is 6. The van der Waals surface area contributed by atoms with E-state index < -0.39 is 93.8 Å². The average molecular weight is 1390 g/mol. The molecule has 6 aromatic rings. The molecule has 1 aliphatic heterocycles. The fraction of sp³-hybridized carbons (Fsp3) is 0.485. The molecular formula is C68H85N13O15S2. The van der Waals surface area contributed by atoms with Gasteiger partial charge in [0, 0.05) is 73.8 Å². The fourth-order valence-electron chi connectivity index (χ4n) is 15.7. The highest BCUT2D eigenvalue weighted by molar-refractivity contribution is 7.85. The fourth-order valence-corrected chi connectivity index (χ4v) is 17.0. The van der Waals surface area contributed by atoms with Crippen LogP contribution in [0.4, 0.5) is 26.2 Å². The number of rotatable bonds is 30. The van der Waals surface area contributed by atoms with Gasteiger partial charge in [0.2, 0.25) is 17.7 Å². The molecule has 5 unspecified atom stereocenters. The van der Waals surface area contributed by atoms with E-state index in [4.69, 9.17) is 36.1 Å². The SMILES string of the molecule is Cc1c(-c2ccc(N3CCc4cccc(C(=O)Nc5nc6ccccc6s5)c4C3)nc2C(=O)O)cnn1CC12CC3(C)CC(C)(C1)CC(OCCN(CCS(=O)(=O)O)C(=O)OCc1ccc(NC(=O)C(CCCNC(N)=O)NC(=O)C(NC(=O)C(N)CCC(=O)O)C(C)C)cc1)(C3)C2. The number of para-hydroxylation sites is 1. The third kappa shape index (κ3) is 17.4. The van der Waals surface area contributed by atoms with Crippen molar-refractivity contribution >= 4 is 96.0 Å². The zero-order valence-electron chi connectivity index (χ0n) is 55.4. The number of hydrogen-bond acceptors (Lipinski definition) is 18. The molecule has 3 aromatic heterocycles. The minimum Gasteiger partial charge on any atom is -0.481 e. The van der Waals surface area contributed by atoms with E-state index in [-0.39, 0.29) is 79.8 Å². The third-order valence-corrected chi connectivity index (χ3v) is 20.7. The Balaban J connectivity index is 0.769. The van der Waals surface area contributed by atoms with Crippen LogP contribution in [0.3, 0.4) is 0 Å².